The monoisotopic (exact) mass is 438 g/mol. The summed E-state index contributed by atoms with van der Waals surface area (Å²) in [6.45, 7) is -0.0785. The van der Waals surface area contributed by atoms with E-state index in [1.807, 2.05) is 0 Å². The van der Waals surface area contributed by atoms with Crippen LogP contribution in [0.25, 0.3) is 11.2 Å². The van der Waals surface area contributed by atoms with E-state index in [-0.39, 0.29) is 18.8 Å². The van der Waals surface area contributed by atoms with Crippen LogP contribution in [0, 0.1) is 11.3 Å². The number of benzene rings is 1. The van der Waals surface area contributed by atoms with Crippen molar-refractivity contribution in [3.63, 3.8) is 0 Å². The topological polar surface area (TPSA) is 198 Å². The van der Waals surface area contributed by atoms with Crippen molar-refractivity contribution < 1.29 is 19.7 Å². The second-order valence-electron chi connectivity index (χ2n) is 7.45. The van der Waals surface area contributed by atoms with Crippen LogP contribution < -0.4 is 16.8 Å². The third-order valence-corrected chi connectivity index (χ3v) is 5.39. The van der Waals surface area contributed by atoms with Crippen molar-refractivity contribution in [1.82, 2.24) is 24.8 Å². The predicted molar refractivity (Wildman–Crippen MR) is 112 cm³/mol. The van der Waals surface area contributed by atoms with Gasteiger partial charge < -0.3 is 31.7 Å². The van der Waals surface area contributed by atoms with Crippen LogP contribution in [-0.2, 0) is 16.0 Å². The molecule has 1 saturated heterocycles. The molecule has 2 aromatic heterocycles. The van der Waals surface area contributed by atoms with Gasteiger partial charge in [-0.3, -0.25) is 9.36 Å². The first-order chi connectivity index (χ1) is 15.4. The number of hydrogen-bond donors (Lipinski definition) is 5. The molecule has 0 aliphatic carbocycles. The Labute approximate surface area is 182 Å². The fourth-order valence-electron chi connectivity index (χ4n) is 3.65. The molecule has 32 heavy (non-hydrogen) atoms. The van der Waals surface area contributed by atoms with Gasteiger partial charge in [-0.1, -0.05) is 18.2 Å². The Kier molecular flexibility index (Phi) is 5.97. The number of nitrogens with zero attached hydrogens (tertiary/aromatic N) is 5. The summed E-state index contributed by atoms with van der Waals surface area (Å²) in [6, 6.07) is 8.06. The molecule has 0 saturated carbocycles. The maximum absolute atomic E-state index is 12.4. The number of amides is 1. The van der Waals surface area contributed by atoms with Gasteiger partial charge in [-0.2, -0.15) is 5.26 Å². The van der Waals surface area contributed by atoms with Gasteiger partial charge in [-0.05, 0) is 18.1 Å². The zero-order valence-corrected chi connectivity index (χ0v) is 16.9. The van der Waals surface area contributed by atoms with E-state index in [0.717, 1.165) is 0 Å². The quantitative estimate of drug-likeness (QED) is 0.304. The molecule has 0 unspecified atom stereocenters. The molecule has 3 aromatic rings. The van der Waals surface area contributed by atoms with Crippen LogP contribution in [0.4, 0.5) is 5.82 Å². The molecule has 12 heteroatoms. The number of nitriles is 1. The fraction of sp³-hybridized carbons (Fsp3) is 0.350. The maximum Gasteiger partial charge on any atom is 0.237 e. The summed E-state index contributed by atoms with van der Waals surface area (Å²) < 4.78 is 7.24. The molecule has 7 N–H and O–H groups in total. The number of anilines is 1. The smallest absolute Gasteiger partial charge is 0.237 e. The van der Waals surface area contributed by atoms with E-state index in [4.69, 9.17) is 16.2 Å². The van der Waals surface area contributed by atoms with Crippen molar-refractivity contribution in [2.75, 3.05) is 12.3 Å². The lowest BCUT2D eigenvalue weighted by molar-refractivity contribution is -0.123. The van der Waals surface area contributed by atoms with Crippen molar-refractivity contribution in [3.05, 3.63) is 48.0 Å². The first kappa shape index (κ1) is 21.6. The molecule has 4 rings (SSSR count). The van der Waals surface area contributed by atoms with Gasteiger partial charge in [0.25, 0.3) is 0 Å². The molecule has 12 nitrogen and oxygen atoms in total. The number of fused-ring (bicyclic) bond motifs is 1. The zero-order chi connectivity index (χ0) is 22.8. The molecule has 1 amide bonds. The molecule has 1 aliphatic rings. The number of ether oxygens (including phenoxy) is 1. The van der Waals surface area contributed by atoms with Crippen LogP contribution in [0.2, 0.25) is 0 Å². The maximum atomic E-state index is 12.4. The van der Waals surface area contributed by atoms with Crippen LogP contribution in [-0.4, -0.2) is 66.5 Å². The Morgan fingerprint density at radius 2 is 2.06 bits per heavy atom. The molecule has 1 aromatic carbocycles. The number of aliphatic hydroxyl groups excluding tert-OH is 2. The van der Waals surface area contributed by atoms with Crippen molar-refractivity contribution in [1.29, 1.82) is 5.26 Å². The number of hydrogen-bond acceptors (Lipinski definition) is 10. The first-order valence-corrected chi connectivity index (χ1v) is 9.86. The summed E-state index contributed by atoms with van der Waals surface area (Å²) in [7, 11) is 0. The Balaban J connectivity index is 1.40. The summed E-state index contributed by atoms with van der Waals surface area (Å²) in [5.41, 5.74) is 13.6. The Morgan fingerprint density at radius 1 is 1.28 bits per heavy atom. The standard InChI is InChI=1S/C20H22N8O4/c21-6-11-4-2-1-3-10(11)5-12(22)19(31)24-7-13-15(29)16(30)20(32-13)28-9-27-14-17(23)25-8-26-18(14)28/h1-4,8-9,12-13,15-16,20,29-30H,5,7,22H2,(H,24,31)(H2,23,25,26)/t12-,13+,15+,16+,20+/m0/s1. The van der Waals surface area contributed by atoms with Crippen LogP contribution in [0.5, 0.6) is 0 Å². The molecule has 5 atom stereocenters. The lowest BCUT2D eigenvalue weighted by atomic mass is 10.0. The van der Waals surface area contributed by atoms with Crippen LogP contribution in [0.1, 0.15) is 17.4 Å². The Hall–Kier alpha value is -3.63. The summed E-state index contributed by atoms with van der Waals surface area (Å²) in [4.78, 5) is 24.6. The number of rotatable bonds is 6. The van der Waals surface area contributed by atoms with Gasteiger partial charge in [0.2, 0.25) is 5.91 Å². The highest BCUT2D eigenvalue weighted by molar-refractivity contribution is 5.82. The van der Waals surface area contributed by atoms with E-state index in [0.29, 0.717) is 22.3 Å². The van der Waals surface area contributed by atoms with E-state index in [1.54, 1.807) is 24.3 Å². The van der Waals surface area contributed by atoms with E-state index in [9.17, 15) is 20.3 Å². The number of nitrogens with two attached hydrogens (primary N) is 2. The van der Waals surface area contributed by atoms with Gasteiger partial charge in [0.15, 0.2) is 17.7 Å². The molecule has 0 spiro atoms. The molecule has 166 valence electrons. The normalized spacial score (nSPS) is 23.7. The van der Waals surface area contributed by atoms with Crippen LogP contribution in [0.3, 0.4) is 0 Å². The molecule has 0 bridgehead atoms. The lowest BCUT2D eigenvalue weighted by Crippen LogP contribution is -2.46. The van der Waals surface area contributed by atoms with Gasteiger partial charge in [0.05, 0.1) is 24.0 Å². The average Bonchev–Trinajstić information content (AvgIpc) is 3.34. The number of nitrogens with one attached hydrogen (secondary N) is 1. The summed E-state index contributed by atoms with van der Waals surface area (Å²) in [5, 5.41) is 32.7. The minimum absolute atomic E-state index is 0.0785. The number of imidazole rings is 1. The summed E-state index contributed by atoms with van der Waals surface area (Å²) >= 11 is 0. The number of aromatic nitrogens is 4. The van der Waals surface area contributed by atoms with Crippen molar-refractivity contribution in [3.8, 4) is 6.07 Å². The van der Waals surface area contributed by atoms with Gasteiger partial charge in [0.1, 0.15) is 30.2 Å². The zero-order valence-electron chi connectivity index (χ0n) is 16.9. The van der Waals surface area contributed by atoms with E-state index in [2.05, 4.69) is 26.3 Å². The molecule has 1 aliphatic heterocycles. The Bertz CT molecular complexity index is 1180. The number of nitrogen functional groups attached to an aromatic ring is 1. The summed E-state index contributed by atoms with van der Waals surface area (Å²) in [5.74, 6) is -0.294. The molecule has 3 heterocycles. The minimum atomic E-state index is -1.29. The van der Waals surface area contributed by atoms with Gasteiger partial charge in [0, 0.05) is 6.54 Å². The number of carbonyl (C=O) groups is 1. The molecular weight excluding hydrogens is 416 g/mol. The average molecular weight is 438 g/mol. The van der Waals surface area contributed by atoms with E-state index in [1.165, 1.54) is 17.2 Å². The van der Waals surface area contributed by atoms with Crippen molar-refractivity contribution in [2.45, 2.75) is 37.0 Å². The first-order valence-electron chi connectivity index (χ1n) is 9.86. The van der Waals surface area contributed by atoms with Crippen molar-refractivity contribution in [2.24, 2.45) is 5.73 Å². The highest BCUT2D eigenvalue weighted by Crippen LogP contribution is 2.31. The van der Waals surface area contributed by atoms with E-state index < -0.39 is 36.5 Å². The minimum Gasteiger partial charge on any atom is -0.387 e. The Morgan fingerprint density at radius 3 is 2.84 bits per heavy atom. The molecule has 1 fully saturated rings. The fourth-order valence-corrected chi connectivity index (χ4v) is 3.65. The third-order valence-electron chi connectivity index (χ3n) is 5.39. The predicted octanol–water partition coefficient (Wildman–Crippen LogP) is -1.41. The SMILES string of the molecule is N#Cc1ccccc1C[C@H](N)C(=O)NC[C@H]1O[C@@H](n2cnc3c(N)ncnc32)[C@H](O)[C@@H]1O. The van der Waals surface area contributed by atoms with E-state index >= 15 is 0 Å². The lowest BCUT2D eigenvalue weighted by Gasteiger charge is -2.18. The van der Waals surface area contributed by atoms with Gasteiger partial charge in [-0.15, -0.1) is 0 Å². The second kappa shape index (κ2) is 8.85. The number of carbonyl (C=O) groups excluding carboxylic acids is 1. The van der Waals surface area contributed by atoms with Crippen LogP contribution >= 0.6 is 0 Å². The number of aliphatic hydroxyl groups is 2. The molecular formula is C20H22N8O4. The van der Waals surface area contributed by atoms with Gasteiger partial charge >= 0.3 is 0 Å². The second-order valence-corrected chi connectivity index (χ2v) is 7.45. The molecule has 0 radical (unpaired) electrons. The largest absolute Gasteiger partial charge is 0.387 e. The highest BCUT2D eigenvalue weighted by atomic mass is 16.6. The highest BCUT2D eigenvalue weighted by Gasteiger charge is 2.44. The summed E-state index contributed by atoms with van der Waals surface area (Å²) in [6.07, 6.45) is -1.61. The van der Waals surface area contributed by atoms with Gasteiger partial charge in [-0.25, -0.2) is 15.0 Å². The third kappa shape index (κ3) is 3.97. The van der Waals surface area contributed by atoms with Crippen LogP contribution in [0.15, 0.2) is 36.9 Å². The van der Waals surface area contributed by atoms with Crippen molar-refractivity contribution >= 4 is 22.9 Å².